The van der Waals surface area contributed by atoms with E-state index in [0.29, 0.717) is 18.6 Å². The lowest BCUT2D eigenvalue weighted by atomic mass is 9.98. The van der Waals surface area contributed by atoms with E-state index in [9.17, 15) is 14.7 Å². The SMILES string of the molecule is CCN(C=O)C(C(=O)O)c1csc(C(C)(C)C)n1. The molecule has 1 unspecified atom stereocenters. The number of hydrogen-bond acceptors (Lipinski definition) is 4. The molecule has 0 aliphatic carbocycles. The number of nitrogens with zero attached hydrogens (tertiary/aromatic N) is 2. The Morgan fingerprint density at radius 3 is 2.56 bits per heavy atom. The molecule has 1 aromatic rings. The first-order chi connectivity index (χ1) is 8.31. The number of carboxylic acids is 1. The molecule has 1 atom stereocenters. The maximum Gasteiger partial charge on any atom is 0.332 e. The van der Waals surface area contributed by atoms with Crippen LogP contribution in [0.4, 0.5) is 0 Å². The molecule has 1 amide bonds. The Kier molecular flexibility index (Phi) is 4.45. The first kappa shape index (κ1) is 14.6. The molecule has 0 fully saturated rings. The van der Waals surface area contributed by atoms with E-state index in [1.165, 1.54) is 16.2 Å². The van der Waals surface area contributed by atoms with Gasteiger partial charge >= 0.3 is 5.97 Å². The third-order valence-electron chi connectivity index (χ3n) is 2.51. The fourth-order valence-corrected chi connectivity index (χ4v) is 2.44. The Bertz CT molecular complexity index is 437. The minimum Gasteiger partial charge on any atom is -0.479 e. The monoisotopic (exact) mass is 270 g/mol. The molecule has 1 N–H and O–H groups in total. The zero-order valence-corrected chi connectivity index (χ0v) is 11.8. The van der Waals surface area contributed by atoms with Crippen molar-refractivity contribution in [3.63, 3.8) is 0 Å². The molecule has 0 spiro atoms. The lowest BCUT2D eigenvalue weighted by Crippen LogP contribution is -2.33. The summed E-state index contributed by atoms with van der Waals surface area (Å²) in [4.78, 5) is 27.8. The zero-order chi connectivity index (χ0) is 13.9. The molecule has 18 heavy (non-hydrogen) atoms. The molecule has 0 saturated heterocycles. The van der Waals surface area contributed by atoms with Crippen LogP contribution >= 0.6 is 11.3 Å². The number of hydrogen-bond donors (Lipinski definition) is 1. The van der Waals surface area contributed by atoms with Gasteiger partial charge in [0.2, 0.25) is 6.41 Å². The number of aromatic nitrogens is 1. The third-order valence-corrected chi connectivity index (χ3v) is 3.80. The van der Waals surface area contributed by atoms with Gasteiger partial charge in [-0.15, -0.1) is 11.3 Å². The van der Waals surface area contributed by atoms with Gasteiger partial charge in [0.1, 0.15) is 0 Å². The van der Waals surface area contributed by atoms with E-state index < -0.39 is 12.0 Å². The summed E-state index contributed by atoms with van der Waals surface area (Å²) in [5, 5.41) is 11.8. The third kappa shape index (κ3) is 3.07. The van der Waals surface area contributed by atoms with Gasteiger partial charge in [0.25, 0.3) is 0 Å². The Morgan fingerprint density at radius 2 is 2.22 bits per heavy atom. The van der Waals surface area contributed by atoms with E-state index >= 15 is 0 Å². The van der Waals surface area contributed by atoms with E-state index in [4.69, 9.17) is 0 Å². The molecule has 1 aromatic heterocycles. The maximum absolute atomic E-state index is 11.3. The standard InChI is InChI=1S/C12H18N2O3S/c1-5-14(7-15)9(10(16)17)8-6-18-11(13-8)12(2,3)4/h6-7,9H,5H2,1-4H3,(H,16,17). The Hall–Kier alpha value is -1.43. The second kappa shape index (κ2) is 5.48. The molecular formula is C12H18N2O3S. The predicted octanol–water partition coefficient (Wildman–Crippen LogP) is 2.04. The van der Waals surface area contributed by atoms with Crippen LogP contribution in [-0.2, 0) is 15.0 Å². The van der Waals surface area contributed by atoms with Gasteiger partial charge in [-0.05, 0) is 6.92 Å². The van der Waals surface area contributed by atoms with E-state index in [1.54, 1.807) is 12.3 Å². The molecule has 5 nitrogen and oxygen atoms in total. The fraction of sp³-hybridized carbons (Fsp3) is 0.583. The highest BCUT2D eigenvalue weighted by molar-refractivity contribution is 7.09. The fourth-order valence-electron chi connectivity index (χ4n) is 1.51. The largest absolute Gasteiger partial charge is 0.479 e. The minimum absolute atomic E-state index is 0.121. The number of rotatable bonds is 5. The number of carboxylic acid groups (broad SMARTS) is 1. The number of carbonyl (C=O) groups is 2. The summed E-state index contributed by atoms with van der Waals surface area (Å²) in [7, 11) is 0. The summed E-state index contributed by atoms with van der Waals surface area (Å²) >= 11 is 1.42. The highest BCUT2D eigenvalue weighted by atomic mass is 32.1. The van der Waals surface area contributed by atoms with Crippen LogP contribution in [0, 0.1) is 0 Å². The Balaban J connectivity index is 3.11. The molecule has 0 bridgehead atoms. The summed E-state index contributed by atoms with van der Waals surface area (Å²) < 4.78 is 0. The van der Waals surface area contributed by atoms with Crippen molar-refractivity contribution >= 4 is 23.7 Å². The van der Waals surface area contributed by atoms with E-state index in [1.807, 2.05) is 20.8 Å². The van der Waals surface area contributed by atoms with Gasteiger partial charge in [-0.2, -0.15) is 0 Å². The summed E-state index contributed by atoms with van der Waals surface area (Å²) in [5.74, 6) is -1.06. The summed E-state index contributed by atoms with van der Waals surface area (Å²) in [6.07, 6.45) is 0.550. The van der Waals surface area contributed by atoms with Crippen LogP contribution in [0.2, 0.25) is 0 Å². The number of carbonyl (C=O) groups excluding carboxylic acids is 1. The van der Waals surface area contributed by atoms with Crippen LogP contribution in [0.1, 0.15) is 44.4 Å². The van der Waals surface area contributed by atoms with Crippen molar-refractivity contribution in [1.82, 2.24) is 9.88 Å². The van der Waals surface area contributed by atoms with Crippen LogP contribution in [-0.4, -0.2) is 33.9 Å². The molecule has 1 rings (SSSR count). The normalized spacial score (nSPS) is 13.1. The molecule has 0 saturated carbocycles. The topological polar surface area (TPSA) is 70.5 Å². The second-order valence-electron chi connectivity index (χ2n) is 5.00. The summed E-state index contributed by atoms with van der Waals surface area (Å²) in [6.45, 7) is 8.12. The van der Waals surface area contributed by atoms with E-state index in [-0.39, 0.29) is 5.41 Å². The molecule has 100 valence electrons. The first-order valence-corrected chi connectivity index (χ1v) is 6.59. The molecule has 0 radical (unpaired) electrons. The van der Waals surface area contributed by atoms with Crippen molar-refractivity contribution in [3.8, 4) is 0 Å². The highest BCUT2D eigenvalue weighted by Gasteiger charge is 2.29. The van der Waals surface area contributed by atoms with Gasteiger partial charge in [0, 0.05) is 17.3 Å². The van der Waals surface area contributed by atoms with Gasteiger partial charge < -0.3 is 10.0 Å². The van der Waals surface area contributed by atoms with Gasteiger partial charge in [0.05, 0.1) is 10.7 Å². The number of amides is 1. The van der Waals surface area contributed by atoms with Crippen molar-refractivity contribution in [1.29, 1.82) is 0 Å². The van der Waals surface area contributed by atoms with Crippen molar-refractivity contribution in [2.24, 2.45) is 0 Å². The molecule has 0 aromatic carbocycles. The summed E-state index contributed by atoms with van der Waals surface area (Å²) in [6, 6.07) is -1.00. The first-order valence-electron chi connectivity index (χ1n) is 5.71. The van der Waals surface area contributed by atoms with Crippen LogP contribution < -0.4 is 0 Å². The number of thiazole rings is 1. The van der Waals surface area contributed by atoms with Gasteiger partial charge in [0.15, 0.2) is 6.04 Å². The average Bonchev–Trinajstić information content (AvgIpc) is 2.73. The van der Waals surface area contributed by atoms with Crippen LogP contribution in [0.25, 0.3) is 0 Å². The maximum atomic E-state index is 11.3. The molecule has 0 aliphatic heterocycles. The van der Waals surface area contributed by atoms with Crippen molar-refractivity contribution in [2.75, 3.05) is 6.54 Å². The Morgan fingerprint density at radius 1 is 1.61 bits per heavy atom. The van der Waals surface area contributed by atoms with E-state index in [2.05, 4.69) is 4.98 Å². The molecule has 1 heterocycles. The lowest BCUT2D eigenvalue weighted by molar-refractivity contribution is -0.146. The smallest absolute Gasteiger partial charge is 0.332 e. The zero-order valence-electron chi connectivity index (χ0n) is 11.0. The lowest BCUT2D eigenvalue weighted by Gasteiger charge is -2.22. The number of likely N-dealkylation sites (N-methyl/N-ethyl adjacent to an activating group) is 1. The predicted molar refractivity (Wildman–Crippen MR) is 69.6 cm³/mol. The van der Waals surface area contributed by atoms with Gasteiger partial charge in [-0.1, -0.05) is 20.8 Å². The van der Waals surface area contributed by atoms with E-state index in [0.717, 1.165) is 5.01 Å². The molecule has 6 heteroatoms. The molecular weight excluding hydrogens is 252 g/mol. The van der Waals surface area contributed by atoms with Crippen molar-refractivity contribution in [3.05, 3.63) is 16.1 Å². The molecule has 0 aliphatic rings. The van der Waals surface area contributed by atoms with Crippen LogP contribution in [0.15, 0.2) is 5.38 Å². The summed E-state index contributed by atoms with van der Waals surface area (Å²) in [5.41, 5.74) is 0.302. The van der Waals surface area contributed by atoms with Crippen LogP contribution in [0.5, 0.6) is 0 Å². The van der Waals surface area contributed by atoms with Crippen molar-refractivity contribution < 1.29 is 14.7 Å². The highest BCUT2D eigenvalue weighted by Crippen LogP contribution is 2.29. The average molecular weight is 270 g/mol. The minimum atomic E-state index is -1.06. The van der Waals surface area contributed by atoms with Gasteiger partial charge in [-0.25, -0.2) is 9.78 Å². The second-order valence-corrected chi connectivity index (χ2v) is 5.86. The van der Waals surface area contributed by atoms with Gasteiger partial charge in [-0.3, -0.25) is 4.79 Å². The van der Waals surface area contributed by atoms with Crippen LogP contribution in [0.3, 0.4) is 0 Å². The Labute approximate surface area is 110 Å². The quantitative estimate of drug-likeness (QED) is 0.831. The number of aliphatic carboxylic acids is 1. The van der Waals surface area contributed by atoms with Crippen molar-refractivity contribution in [2.45, 2.75) is 39.2 Å².